The summed E-state index contributed by atoms with van der Waals surface area (Å²) in [5, 5.41) is 0. The number of carbonyl (C=O) groups excluding carboxylic acids is 1. The van der Waals surface area contributed by atoms with Crippen LogP contribution in [-0.4, -0.2) is 22.3 Å². The van der Waals surface area contributed by atoms with Gasteiger partial charge in [0.25, 0.3) is 0 Å². The molecular weight excluding hydrogens is 198 g/mol. The van der Waals surface area contributed by atoms with E-state index in [1.165, 1.54) is 18.4 Å². The van der Waals surface area contributed by atoms with Crippen molar-refractivity contribution in [2.75, 3.05) is 11.5 Å². The molecule has 0 spiro atoms. The van der Waals surface area contributed by atoms with Crippen LogP contribution < -0.4 is 0 Å². The SMILES string of the molecule is CC(=O)c1cnc(C2CCSCC2)o1. The molecule has 1 aliphatic heterocycles. The van der Waals surface area contributed by atoms with Crippen molar-refractivity contribution in [1.82, 2.24) is 4.98 Å². The van der Waals surface area contributed by atoms with Gasteiger partial charge >= 0.3 is 0 Å². The van der Waals surface area contributed by atoms with Crippen molar-refractivity contribution < 1.29 is 9.21 Å². The summed E-state index contributed by atoms with van der Waals surface area (Å²) in [5.74, 6) is 3.84. The summed E-state index contributed by atoms with van der Waals surface area (Å²) in [6.07, 6.45) is 3.77. The molecule has 1 aromatic rings. The number of nitrogens with zero attached hydrogens (tertiary/aromatic N) is 1. The lowest BCUT2D eigenvalue weighted by molar-refractivity contribution is 0.0984. The second-order valence-corrected chi connectivity index (χ2v) is 4.73. The van der Waals surface area contributed by atoms with Gasteiger partial charge < -0.3 is 4.42 Å². The van der Waals surface area contributed by atoms with Crippen LogP contribution in [0.4, 0.5) is 0 Å². The van der Waals surface area contributed by atoms with Gasteiger partial charge in [-0.05, 0) is 24.3 Å². The Balaban J connectivity index is 2.11. The van der Waals surface area contributed by atoms with E-state index < -0.39 is 0 Å². The van der Waals surface area contributed by atoms with Gasteiger partial charge in [0.1, 0.15) is 0 Å². The molecule has 3 nitrogen and oxygen atoms in total. The Labute approximate surface area is 87.3 Å². The minimum atomic E-state index is -0.0473. The van der Waals surface area contributed by atoms with Gasteiger partial charge in [0, 0.05) is 12.8 Å². The van der Waals surface area contributed by atoms with E-state index >= 15 is 0 Å². The number of Topliss-reactive ketones (excluding diaryl/α,β-unsaturated/α-hetero) is 1. The smallest absolute Gasteiger partial charge is 0.198 e. The highest BCUT2D eigenvalue weighted by atomic mass is 32.2. The van der Waals surface area contributed by atoms with Crippen LogP contribution in [0.3, 0.4) is 0 Å². The summed E-state index contributed by atoms with van der Waals surface area (Å²) >= 11 is 1.97. The lowest BCUT2D eigenvalue weighted by atomic mass is 10.0. The van der Waals surface area contributed by atoms with E-state index in [0.29, 0.717) is 11.7 Å². The van der Waals surface area contributed by atoms with Crippen molar-refractivity contribution in [2.45, 2.75) is 25.7 Å². The molecule has 1 fully saturated rings. The second kappa shape index (κ2) is 4.17. The van der Waals surface area contributed by atoms with Gasteiger partial charge in [0.05, 0.1) is 6.20 Å². The molecule has 1 aromatic heterocycles. The third kappa shape index (κ3) is 2.00. The van der Waals surface area contributed by atoms with Crippen LogP contribution in [-0.2, 0) is 0 Å². The van der Waals surface area contributed by atoms with Crippen molar-refractivity contribution in [3.63, 3.8) is 0 Å². The quantitative estimate of drug-likeness (QED) is 0.705. The predicted octanol–water partition coefficient (Wildman–Crippen LogP) is 2.49. The largest absolute Gasteiger partial charge is 0.437 e. The van der Waals surface area contributed by atoms with E-state index in [1.807, 2.05) is 11.8 Å². The van der Waals surface area contributed by atoms with Gasteiger partial charge in [-0.2, -0.15) is 11.8 Å². The summed E-state index contributed by atoms with van der Waals surface area (Å²) in [4.78, 5) is 15.2. The van der Waals surface area contributed by atoms with Crippen LogP contribution in [0.25, 0.3) is 0 Å². The highest BCUT2D eigenvalue weighted by Crippen LogP contribution is 2.30. The van der Waals surface area contributed by atoms with Gasteiger partial charge in [-0.25, -0.2) is 4.98 Å². The average molecular weight is 211 g/mol. The number of oxazole rings is 1. The molecule has 0 atom stereocenters. The first kappa shape index (κ1) is 9.77. The van der Waals surface area contributed by atoms with Crippen LogP contribution >= 0.6 is 11.8 Å². The van der Waals surface area contributed by atoms with Gasteiger partial charge in [-0.3, -0.25) is 4.79 Å². The number of hydrogen-bond donors (Lipinski definition) is 0. The van der Waals surface area contributed by atoms with Crippen molar-refractivity contribution in [2.24, 2.45) is 0 Å². The Hall–Kier alpha value is -0.770. The molecule has 0 aliphatic carbocycles. The van der Waals surface area contributed by atoms with E-state index in [1.54, 1.807) is 6.20 Å². The molecule has 0 bridgehead atoms. The minimum absolute atomic E-state index is 0.0473. The van der Waals surface area contributed by atoms with E-state index in [9.17, 15) is 4.79 Å². The summed E-state index contributed by atoms with van der Waals surface area (Å²) in [5.41, 5.74) is 0. The van der Waals surface area contributed by atoms with Crippen LogP contribution in [0.2, 0.25) is 0 Å². The third-order valence-electron chi connectivity index (χ3n) is 2.44. The maximum absolute atomic E-state index is 11.0. The number of hydrogen-bond acceptors (Lipinski definition) is 4. The van der Waals surface area contributed by atoms with Crippen LogP contribution in [0, 0.1) is 0 Å². The highest BCUT2D eigenvalue weighted by Gasteiger charge is 2.21. The van der Waals surface area contributed by atoms with E-state index in [-0.39, 0.29) is 5.78 Å². The van der Waals surface area contributed by atoms with Gasteiger partial charge in [0.15, 0.2) is 17.4 Å². The normalized spacial score (nSPS) is 18.4. The lowest BCUT2D eigenvalue weighted by Gasteiger charge is -2.17. The number of thioether (sulfide) groups is 1. The Morgan fingerprint density at radius 3 is 2.86 bits per heavy atom. The van der Waals surface area contributed by atoms with Gasteiger partial charge in [0.2, 0.25) is 0 Å². The molecule has 0 aromatic carbocycles. The topological polar surface area (TPSA) is 43.1 Å². The number of rotatable bonds is 2. The van der Waals surface area contributed by atoms with Crippen molar-refractivity contribution in [1.29, 1.82) is 0 Å². The second-order valence-electron chi connectivity index (χ2n) is 3.51. The highest BCUT2D eigenvalue weighted by molar-refractivity contribution is 7.99. The van der Waals surface area contributed by atoms with Crippen LogP contribution in [0.15, 0.2) is 10.6 Å². The molecule has 0 unspecified atom stereocenters. The monoisotopic (exact) mass is 211 g/mol. The molecule has 1 saturated heterocycles. The summed E-state index contributed by atoms with van der Waals surface area (Å²) in [6.45, 7) is 1.50. The predicted molar refractivity (Wildman–Crippen MR) is 55.8 cm³/mol. The van der Waals surface area contributed by atoms with Crippen molar-refractivity contribution >= 4 is 17.5 Å². The van der Waals surface area contributed by atoms with E-state index in [4.69, 9.17) is 4.42 Å². The van der Waals surface area contributed by atoms with E-state index in [2.05, 4.69) is 4.98 Å². The molecule has 0 radical (unpaired) electrons. The maximum Gasteiger partial charge on any atom is 0.198 e. The number of aromatic nitrogens is 1. The zero-order chi connectivity index (χ0) is 9.97. The Morgan fingerprint density at radius 2 is 2.29 bits per heavy atom. The third-order valence-corrected chi connectivity index (χ3v) is 3.49. The molecule has 2 rings (SSSR count). The zero-order valence-corrected chi connectivity index (χ0v) is 8.97. The fourth-order valence-electron chi connectivity index (χ4n) is 1.58. The molecule has 14 heavy (non-hydrogen) atoms. The Kier molecular flexibility index (Phi) is 2.91. The fourth-order valence-corrected chi connectivity index (χ4v) is 2.69. The first-order valence-corrected chi connectivity index (χ1v) is 5.97. The van der Waals surface area contributed by atoms with E-state index in [0.717, 1.165) is 18.7 Å². The summed E-state index contributed by atoms with van der Waals surface area (Å²) < 4.78 is 5.41. The molecule has 2 heterocycles. The summed E-state index contributed by atoms with van der Waals surface area (Å²) in [6, 6.07) is 0. The Morgan fingerprint density at radius 1 is 1.57 bits per heavy atom. The van der Waals surface area contributed by atoms with Crippen molar-refractivity contribution in [3.8, 4) is 0 Å². The number of ketones is 1. The van der Waals surface area contributed by atoms with Crippen molar-refractivity contribution in [3.05, 3.63) is 17.8 Å². The van der Waals surface area contributed by atoms with Gasteiger partial charge in [-0.1, -0.05) is 0 Å². The standard InChI is InChI=1S/C10H13NO2S/c1-7(12)9-6-11-10(13-9)8-2-4-14-5-3-8/h6,8H,2-5H2,1H3. The fraction of sp³-hybridized carbons (Fsp3) is 0.600. The molecule has 0 N–H and O–H groups in total. The molecule has 0 amide bonds. The maximum atomic E-state index is 11.0. The minimum Gasteiger partial charge on any atom is -0.437 e. The Bertz CT molecular complexity index is 329. The van der Waals surface area contributed by atoms with Crippen LogP contribution in [0.1, 0.15) is 42.1 Å². The summed E-state index contributed by atoms with van der Waals surface area (Å²) in [7, 11) is 0. The molecule has 4 heteroatoms. The lowest BCUT2D eigenvalue weighted by Crippen LogP contribution is -2.07. The first-order chi connectivity index (χ1) is 6.77. The molecule has 1 aliphatic rings. The molecular formula is C10H13NO2S. The number of carbonyl (C=O) groups is 1. The first-order valence-electron chi connectivity index (χ1n) is 4.82. The van der Waals surface area contributed by atoms with Gasteiger partial charge in [-0.15, -0.1) is 0 Å². The molecule has 0 saturated carbocycles. The molecule has 76 valence electrons. The average Bonchev–Trinajstić information content (AvgIpc) is 2.68. The zero-order valence-electron chi connectivity index (χ0n) is 8.16. The van der Waals surface area contributed by atoms with Crippen LogP contribution in [0.5, 0.6) is 0 Å².